The van der Waals surface area contributed by atoms with Gasteiger partial charge in [-0.05, 0) is 24.3 Å². The number of hydrogen-bond donors (Lipinski definition) is 3. The second-order valence-electron chi connectivity index (χ2n) is 4.34. The first-order valence-corrected chi connectivity index (χ1v) is 5.88. The largest absolute Gasteiger partial charge is 0.506 e. The van der Waals surface area contributed by atoms with Crippen LogP contribution >= 0.6 is 0 Å². The van der Waals surface area contributed by atoms with E-state index in [1.54, 1.807) is 0 Å². The molecule has 1 heterocycles. The van der Waals surface area contributed by atoms with Gasteiger partial charge >= 0.3 is 11.9 Å². The average molecular weight is 284 g/mol. The van der Waals surface area contributed by atoms with Crippen LogP contribution in [0.1, 0.15) is 20.7 Å². The number of aromatic hydroxyl groups is 1. The first kappa shape index (κ1) is 12.8. The van der Waals surface area contributed by atoms with Gasteiger partial charge in [0.25, 0.3) is 0 Å². The van der Waals surface area contributed by atoms with Gasteiger partial charge in [-0.2, -0.15) is 0 Å². The molecular weight excluding hydrogens is 276 g/mol. The molecule has 0 amide bonds. The molecule has 7 nitrogen and oxygen atoms in total. The molecule has 0 atom stereocenters. The van der Waals surface area contributed by atoms with Gasteiger partial charge in [-0.25, -0.2) is 19.6 Å². The summed E-state index contributed by atoms with van der Waals surface area (Å²) in [6.07, 6.45) is 0. The molecule has 1 aromatic heterocycles. The van der Waals surface area contributed by atoms with Crippen molar-refractivity contribution in [3.63, 3.8) is 0 Å². The van der Waals surface area contributed by atoms with Crippen LogP contribution < -0.4 is 0 Å². The van der Waals surface area contributed by atoms with Crippen LogP contribution in [0.5, 0.6) is 5.75 Å². The van der Waals surface area contributed by atoms with E-state index in [9.17, 15) is 14.7 Å². The number of fused-ring (bicyclic) bond motifs is 2. The maximum atomic E-state index is 11.2. The predicted molar refractivity (Wildman–Crippen MR) is 72.6 cm³/mol. The van der Waals surface area contributed by atoms with Gasteiger partial charge in [-0.15, -0.1) is 0 Å². The van der Waals surface area contributed by atoms with Crippen molar-refractivity contribution < 1.29 is 24.9 Å². The molecule has 0 saturated heterocycles. The zero-order valence-corrected chi connectivity index (χ0v) is 10.4. The van der Waals surface area contributed by atoms with Crippen LogP contribution in [0.25, 0.3) is 22.1 Å². The molecule has 0 radical (unpaired) electrons. The molecule has 3 aromatic rings. The molecular formula is C14H8N2O5. The number of phenols is 1. The van der Waals surface area contributed by atoms with Crippen LogP contribution in [0.4, 0.5) is 0 Å². The molecule has 0 aliphatic heterocycles. The Morgan fingerprint density at radius 3 is 2.14 bits per heavy atom. The molecule has 3 rings (SSSR count). The van der Waals surface area contributed by atoms with Crippen LogP contribution in [0.3, 0.4) is 0 Å². The number of rotatable bonds is 2. The second-order valence-corrected chi connectivity index (χ2v) is 4.34. The number of carbonyl (C=O) groups is 2. The topological polar surface area (TPSA) is 121 Å². The number of nitrogens with zero attached hydrogens (tertiary/aromatic N) is 2. The third-order valence-corrected chi connectivity index (χ3v) is 3.06. The summed E-state index contributed by atoms with van der Waals surface area (Å²) in [5, 5.41) is 28.1. The fraction of sp³-hybridized carbons (Fsp3) is 0. The molecule has 3 N–H and O–H groups in total. The normalized spacial score (nSPS) is 10.9. The number of para-hydroxylation sites is 1. The maximum Gasteiger partial charge on any atom is 0.337 e. The zero-order valence-electron chi connectivity index (χ0n) is 10.4. The Morgan fingerprint density at radius 1 is 0.810 bits per heavy atom. The highest BCUT2D eigenvalue weighted by Crippen LogP contribution is 2.28. The highest BCUT2D eigenvalue weighted by Gasteiger charge is 2.17. The number of aromatic carboxylic acids is 2. The molecule has 21 heavy (non-hydrogen) atoms. The SMILES string of the molecule is O=C(O)c1cccc2nc3c(C(=O)O)ccc(O)c3nc12. The van der Waals surface area contributed by atoms with E-state index in [0.29, 0.717) is 0 Å². The fourth-order valence-corrected chi connectivity index (χ4v) is 2.11. The van der Waals surface area contributed by atoms with E-state index in [2.05, 4.69) is 9.97 Å². The molecule has 0 saturated carbocycles. The second kappa shape index (κ2) is 4.41. The molecule has 0 aliphatic rings. The number of hydrogen-bond acceptors (Lipinski definition) is 5. The van der Waals surface area contributed by atoms with Gasteiger partial charge in [0.05, 0.1) is 16.6 Å². The van der Waals surface area contributed by atoms with E-state index in [4.69, 9.17) is 10.2 Å². The average Bonchev–Trinajstić information content (AvgIpc) is 2.44. The number of carboxylic acid groups (broad SMARTS) is 2. The Morgan fingerprint density at radius 2 is 1.48 bits per heavy atom. The zero-order chi connectivity index (χ0) is 15.1. The number of carboxylic acids is 2. The maximum absolute atomic E-state index is 11.2. The molecule has 0 spiro atoms. The lowest BCUT2D eigenvalue weighted by Gasteiger charge is -2.07. The molecule has 0 unspecified atom stereocenters. The van der Waals surface area contributed by atoms with Crippen molar-refractivity contribution in [2.75, 3.05) is 0 Å². The lowest BCUT2D eigenvalue weighted by molar-refractivity contribution is 0.0687. The lowest BCUT2D eigenvalue weighted by atomic mass is 10.1. The van der Waals surface area contributed by atoms with Gasteiger partial charge in [0.2, 0.25) is 0 Å². The van der Waals surface area contributed by atoms with Crippen molar-refractivity contribution in [3.05, 3.63) is 41.5 Å². The van der Waals surface area contributed by atoms with Crippen molar-refractivity contribution in [2.24, 2.45) is 0 Å². The molecule has 7 heteroatoms. The van der Waals surface area contributed by atoms with Crippen LogP contribution in [0, 0.1) is 0 Å². The van der Waals surface area contributed by atoms with Gasteiger partial charge in [0.15, 0.2) is 0 Å². The van der Waals surface area contributed by atoms with Crippen LogP contribution in [-0.2, 0) is 0 Å². The van der Waals surface area contributed by atoms with E-state index in [0.717, 1.165) is 0 Å². The van der Waals surface area contributed by atoms with E-state index in [-0.39, 0.29) is 38.9 Å². The summed E-state index contributed by atoms with van der Waals surface area (Å²) in [5.74, 6) is -2.64. The highest BCUT2D eigenvalue weighted by molar-refractivity contribution is 6.07. The summed E-state index contributed by atoms with van der Waals surface area (Å²) < 4.78 is 0. The summed E-state index contributed by atoms with van der Waals surface area (Å²) >= 11 is 0. The Balaban J connectivity index is 2.51. The summed E-state index contributed by atoms with van der Waals surface area (Å²) in [6, 6.07) is 6.81. The van der Waals surface area contributed by atoms with Gasteiger partial charge < -0.3 is 15.3 Å². The molecule has 0 fully saturated rings. The first-order chi connectivity index (χ1) is 9.99. The van der Waals surface area contributed by atoms with E-state index >= 15 is 0 Å². The van der Waals surface area contributed by atoms with Crippen LogP contribution in [0.2, 0.25) is 0 Å². The smallest absolute Gasteiger partial charge is 0.337 e. The van der Waals surface area contributed by atoms with Crippen LogP contribution in [0.15, 0.2) is 30.3 Å². The number of aromatic nitrogens is 2. The van der Waals surface area contributed by atoms with Gasteiger partial charge in [0.1, 0.15) is 22.3 Å². The summed E-state index contributed by atoms with van der Waals surface area (Å²) in [4.78, 5) is 30.6. The van der Waals surface area contributed by atoms with E-state index in [1.165, 1.54) is 30.3 Å². The minimum absolute atomic E-state index is 0.0116. The van der Waals surface area contributed by atoms with Crippen molar-refractivity contribution >= 4 is 34.0 Å². The summed E-state index contributed by atoms with van der Waals surface area (Å²) in [7, 11) is 0. The Labute approximate surface area is 117 Å². The monoisotopic (exact) mass is 284 g/mol. The third-order valence-electron chi connectivity index (χ3n) is 3.06. The minimum atomic E-state index is -1.21. The molecule has 0 bridgehead atoms. The summed E-state index contributed by atoms with van der Waals surface area (Å²) in [5.41, 5.74) is 0.124. The standard InChI is InChI=1S/C14H8N2O5/c17-9-5-4-7(14(20)21)11-12(9)16-10-6(13(18)19)2-1-3-8(10)15-11/h1-5,17H,(H,18,19)(H,20,21). The quantitative estimate of drug-likeness (QED) is 0.614. The van der Waals surface area contributed by atoms with Crippen molar-refractivity contribution in [3.8, 4) is 5.75 Å². The highest BCUT2D eigenvalue weighted by atomic mass is 16.4. The first-order valence-electron chi connectivity index (χ1n) is 5.88. The van der Waals surface area contributed by atoms with Gasteiger partial charge in [0, 0.05) is 0 Å². The van der Waals surface area contributed by atoms with Gasteiger partial charge in [-0.3, -0.25) is 0 Å². The Bertz CT molecular complexity index is 920. The number of benzene rings is 2. The molecule has 2 aromatic carbocycles. The Kier molecular flexibility index (Phi) is 2.69. The third kappa shape index (κ3) is 1.91. The van der Waals surface area contributed by atoms with Crippen molar-refractivity contribution in [1.82, 2.24) is 9.97 Å². The lowest BCUT2D eigenvalue weighted by Crippen LogP contribution is -2.03. The van der Waals surface area contributed by atoms with Crippen LogP contribution in [-0.4, -0.2) is 37.2 Å². The summed E-state index contributed by atoms with van der Waals surface area (Å²) in [6.45, 7) is 0. The number of phenolic OH excluding ortho intramolecular Hbond substituents is 1. The fourth-order valence-electron chi connectivity index (χ4n) is 2.11. The van der Waals surface area contributed by atoms with E-state index in [1.807, 2.05) is 0 Å². The minimum Gasteiger partial charge on any atom is -0.506 e. The molecule has 104 valence electrons. The van der Waals surface area contributed by atoms with Crippen molar-refractivity contribution in [2.45, 2.75) is 0 Å². The van der Waals surface area contributed by atoms with Gasteiger partial charge in [-0.1, -0.05) is 6.07 Å². The molecule has 0 aliphatic carbocycles. The van der Waals surface area contributed by atoms with E-state index < -0.39 is 11.9 Å². The predicted octanol–water partition coefficient (Wildman–Crippen LogP) is 1.89. The van der Waals surface area contributed by atoms with Crippen molar-refractivity contribution in [1.29, 1.82) is 0 Å². The Hall–Kier alpha value is -3.22.